The molecule has 1 aliphatic rings. The fourth-order valence-corrected chi connectivity index (χ4v) is 3.03. The molecule has 0 spiro atoms. The fraction of sp³-hybridized carbons (Fsp3) is 0.600. The molecule has 0 bridgehead atoms. The summed E-state index contributed by atoms with van der Waals surface area (Å²) in [6.45, 7) is 4.40. The van der Waals surface area contributed by atoms with Crippen LogP contribution in [-0.4, -0.2) is 16.9 Å². The second-order valence-corrected chi connectivity index (χ2v) is 5.41. The third-order valence-electron chi connectivity index (χ3n) is 4.30. The van der Waals surface area contributed by atoms with Gasteiger partial charge < -0.3 is 5.32 Å². The van der Waals surface area contributed by atoms with Crippen molar-refractivity contribution in [1.82, 2.24) is 10.3 Å². The topological polar surface area (TPSA) is 42.0 Å². The van der Waals surface area contributed by atoms with Crippen LogP contribution in [0.15, 0.2) is 18.3 Å². The van der Waals surface area contributed by atoms with Gasteiger partial charge >= 0.3 is 0 Å². The van der Waals surface area contributed by atoms with Crippen LogP contribution in [0.1, 0.15) is 49.9 Å². The van der Waals surface area contributed by atoms with Crippen LogP contribution in [0.25, 0.3) is 0 Å². The van der Waals surface area contributed by atoms with E-state index in [9.17, 15) is 9.18 Å². The molecule has 1 amide bonds. The number of rotatable bonds is 3. The maximum Gasteiger partial charge on any atom is 0.251 e. The molecule has 4 heteroatoms. The van der Waals surface area contributed by atoms with Crippen LogP contribution in [0.4, 0.5) is 4.39 Å². The van der Waals surface area contributed by atoms with Gasteiger partial charge in [-0.2, -0.15) is 4.39 Å². The summed E-state index contributed by atoms with van der Waals surface area (Å²) < 4.78 is 13.0. The van der Waals surface area contributed by atoms with Crippen LogP contribution in [0.2, 0.25) is 0 Å². The zero-order valence-electron chi connectivity index (χ0n) is 11.5. The molecule has 0 aromatic carbocycles. The van der Waals surface area contributed by atoms with Crippen molar-refractivity contribution in [1.29, 1.82) is 0 Å². The summed E-state index contributed by atoms with van der Waals surface area (Å²) in [5.41, 5.74) is 0.346. The minimum absolute atomic E-state index is 0.197. The highest BCUT2D eigenvalue weighted by Crippen LogP contribution is 2.32. The van der Waals surface area contributed by atoms with Gasteiger partial charge in [0.2, 0.25) is 5.95 Å². The lowest BCUT2D eigenvalue weighted by molar-refractivity contribution is 0.0882. The largest absolute Gasteiger partial charge is 0.349 e. The van der Waals surface area contributed by atoms with Crippen molar-refractivity contribution in [3.63, 3.8) is 0 Å². The van der Waals surface area contributed by atoms with Gasteiger partial charge in [-0.05, 0) is 24.3 Å². The van der Waals surface area contributed by atoms with Gasteiger partial charge in [0.25, 0.3) is 5.91 Å². The Balaban J connectivity index is 2.02. The Labute approximate surface area is 113 Å². The van der Waals surface area contributed by atoms with Gasteiger partial charge in [-0.3, -0.25) is 4.79 Å². The normalized spacial score (nSPS) is 27.0. The SMILES string of the molecule is CC[C@H]1CCC[C@@H](NC(=O)c2ccnc(F)c2)[C@H]1C. The molecule has 104 valence electrons. The monoisotopic (exact) mass is 264 g/mol. The fourth-order valence-electron chi connectivity index (χ4n) is 3.03. The number of nitrogens with zero attached hydrogens (tertiary/aromatic N) is 1. The molecule has 3 atom stereocenters. The first kappa shape index (κ1) is 14.0. The highest BCUT2D eigenvalue weighted by molar-refractivity contribution is 5.94. The highest BCUT2D eigenvalue weighted by Gasteiger charge is 2.29. The summed E-state index contributed by atoms with van der Waals surface area (Å²) in [4.78, 5) is 15.6. The maximum atomic E-state index is 13.0. The van der Waals surface area contributed by atoms with E-state index in [4.69, 9.17) is 0 Å². The van der Waals surface area contributed by atoms with Crippen molar-refractivity contribution in [3.05, 3.63) is 29.8 Å². The average molecular weight is 264 g/mol. The smallest absolute Gasteiger partial charge is 0.251 e. The van der Waals surface area contributed by atoms with Gasteiger partial charge in [-0.15, -0.1) is 0 Å². The van der Waals surface area contributed by atoms with E-state index in [2.05, 4.69) is 24.1 Å². The van der Waals surface area contributed by atoms with E-state index in [1.807, 2.05) is 0 Å². The Hall–Kier alpha value is -1.45. The maximum absolute atomic E-state index is 13.0. The van der Waals surface area contributed by atoms with Crippen LogP contribution in [0, 0.1) is 17.8 Å². The molecule has 0 aliphatic heterocycles. The van der Waals surface area contributed by atoms with E-state index in [1.165, 1.54) is 18.7 Å². The number of hydrogen-bond donors (Lipinski definition) is 1. The van der Waals surface area contributed by atoms with E-state index in [-0.39, 0.29) is 11.9 Å². The summed E-state index contributed by atoms with van der Waals surface area (Å²) in [5.74, 6) is 0.341. The Bertz CT molecular complexity index is 450. The Morgan fingerprint density at radius 2 is 2.32 bits per heavy atom. The van der Waals surface area contributed by atoms with Crippen LogP contribution in [0.5, 0.6) is 0 Å². The molecule has 1 aromatic rings. The summed E-state index contributed by atoms with van der Waals surface area (Å²) in [5, 5.41) is 3.04. The van der Waals surface area contributed by atoms with Crippen molar-refractivity contribution in [2.75, 3.05) is 0 Å². The standard InChI is InChI=1S/C15H21FN2O/c1-3-11-5-4-6-13(10(11)2)18-15(19)12-7-8-17-14(16)9-12/h7-11,13H,3-6H2,1-2H3,(H,18,19)/t10-,11-,13+/m0/s1. The Kier molecular flexibility index (Phi) is 4.51. The molecule has 1 saturated carbocycles. The number of carbonyl (C=O) groups excluding carboxylic acids is 1. The molecule has 1 aromatic heterocycles. The molecule has 19 heavy (non-hydrogen) atoms. The Morgan fingerprint density at radius 1 is 1.53 bits per heavy atom. The van der Waals surface area contributed by atoms with Crippen molar-refractivity contribution in [2.24, 2.45) is 11.8 Å². The summed E-state index contributed by atoms with van der Waals surface area (Å²) >= 11 is 0. The van der Waals surface area contributed by atoms with Crippen LogP contribution in [-0.2, 0) is 0 Å². The lowest BCUT2D eigenvalue weighted by atomic mass is 9.75. The lowest BCUT2D eigenvalue weighted by Crippen LogP contribution is -2.44. The molecule has 0 saturated heterocycles. The summed E-state index contributed by atoms with van der Waals surface area (Å²) in [6, 6.07) is 2.92. The third-order valence-corrected chi connectivity index (χ3v) is 4.30. The zero-order valence-corrected chi connectivity index (χ0v) is 11.5. The lowest BCUT2D eigenvalue weighted by Gasteiger charge is -2.36. The van der Waals surface area contributed by atoms with Gasteiger partial charge in [0.1, 0.15) is 0 Å². The molecule has 2 rings (SSSR count). The average Bonchev–Trinajstić information content (AvgIpc) is 2.41. The predicted molar refractivity (Wildman–Crippen MR) is 72.2 cm³/mol. The summed E-state index contributed by atoms with van der Waals surface area (Å²) in [7, 11) is 0. The van der Waals surface area contributed by atoms with Gasteiger partial charge in [0.15, 0.2) is 0 Å². The number of halogens is 1. The van der Waals surface area contributed by atoms with Crippen molar-refractivity contribution >= 4 is 5.91 Å². The third kappa shape index (κ3) is 3.31. The highest BCUT2D eigenvalue weighted by atomic mass is 19.1. The molecule has 0 radical (unpaired) electrons. The second kappa shape index (κ2) is 6.13. The number of amides is 1. The molecule has 1 aliphatic carbocycles. The van der Waals surface area contributed by atoms with Gasteiger partial charge in [0.05, 0.1) is 0 Å². The van der Waals surface area contributed by atoms with E-state index < -0.39 is 5.95 Å². The van der Waals surface area contributed by atoms with Crippen LogP contribution in [0.3, 0.4) is 0 Å². The molecule has 3 nitrogen and oxygen atoms in total. The van der Waals surface area contributed by atoms with Gasteiger partial charge in [-0.25, -0.2) is 4.98 Å². The number of carbonyl (C=O) groups is 1. The van der Waals surface area contributed by atoms with Crippen LogP contribution >= 0.6 is 0 Å². The predicted octanol–water partition coefficient (Wildman–Crippen LogP) is 3.17. The van der Waals surface area contributed by atoms with E-state index in [0.717, 1.165) is 19.3 Å². The molecule has 0 unspecified atom stereocenters. The van der Waals surface area contributed by atoms with E-state index in [0.29, 0.717) is 17.4 Å². The summed E-state index contributed by atoms with van der Waals surface area (Å²) in [6.07, 6.45) is 5.88. The first-order valence-corrected chi connectivity index (χ1v) is 7.04. The first-order chi connectivity index (χ1) is 9.11. The van der Waals surface area contributed by atoms with Crippen molar-refractivity contribution in [3.8, 4) is 0 Å². The van der Waals surface area contributed by atoms with Crippen molar-refractivity contribution in [2.45, 2.75) is 45.6 Å². The minimum Gasteiger partial charge on any atom is -0.349 e. The van der Waals surface area contributed by atoms with E-state index in [1.54, 1.807) is 6.07 Å². The zero-order chi connectivity index (χ0) is 13.8. The number of aromatic nitrogens is 1. The minimum atomic E-state index is -0.615. The van der Waals surface area contributed by atoms with Crippen LogP contribution < -0.4 is 5.32 Å². The molecule has 1 N–H and O–H groups in total. The number of pyridine rings is 1. The molecule has 1 fully saturated rings. The number of hydrogen-bond acceptors (Lipinski definition) is 2. The van der Waals surface area contributed by atoms with Crippen molar-refractivity contribution < 1.29 is 9.18 Å². The second-order valence-electron chi connectivity index (χ2n) is 5.41. The van der Waals surface area contributed by atoms with Gasteiger partial charge in [-0.1, -0.05) is 33.1 Å². The molecule has 1 heterocycles. The Morgan fingerprint density at radius 3 is 3.00 bits per heavy atom. The molecular formula is C15H21FN2O. The number of nitrogens with one attached hydrogen (secondary N) is 1. The quantitative estimate of drug-likeness (QED) is 0.852. The molecular weight excluding hydrogens is 243 g/mol. The van der Waals surface area contributed by atoms with E-state index >= 15 is 0 Å². The van der Waals surface area contributed by atoms with Gasteiger partial charge in [0, 0.05) is 23.9 Å². The first-order valence-electron chi connectivity index (χ1n) is 7.04.